The lowest BCUT2D eigenvalue weighted by Crippen LogP contribution is -2.07. The minimum atomic E-state index is 0.458. The Bertz CT molecular complexity index is 546. The lowest BCUT2D eigenvalue weighted by molar-refractivity contribution is 0.640. The van der Waals surface area contributed by atoms with Crippen LogP contribution in [0.25, 0.3) is 11.2 Å². The van der Waals surface area contributed by atoms with Gasteiger partial charge in [-0.1, -0.05) is 13.3 Å². The number of aromatic nitrogens is 4. The van der Waals surface area contributed by atoms with Crippen LogP contribution in [0.5, 0.6) is 0 Å². The van der Waals surface area contributed by atoms with E-state index in [0.29, 0.717) is 5.88 Å². The van der Waals surface area contributed by atoms with E-state index in [0.717, 1.165) is 54.2 Å². The molecule has 2 rings (SSSR count). The molecule has 0 radical (unpaired) electrons. The average molecular weight is 301 g/mol. The first kappa shape index (κ1) is 14.7. The van der Waals surface area contributed by atoms with Gasteiger partial charge < -0.3 is 4.57 Å². The Morgan fingerprint density at radius 3 is 2.79 bits per heavy atom. The number of hydrogen-bond donors (Lipinski definition) is 0. The Labute approximate surface area is 123 Å². The number of imidazole rings is 1. The van der Waals surface area contributed by atoms with Crippen LogP contribution in [0.1, 0.15) is 31.3 Å². The van der Waals surface area contributed by atoms with Crippen LogP contribution < -0.4 is 0 Å². The fraction of sp³-hybridized carbons (Fsp3) is 0.692. The Balaban J connectivity index is 2.41. The summed E-state index contributed by atoms with van der Waals surface area (Å²) < 4.78 is 4.17. The van der Waals surface area contributed by atoms with Crippen LogP contribution in [-0.4, -0.2) is 31.3 Å². The summed E-state index contributed by atoms with van der Waals surface area (Å²) in [5, 5.41) is 4.59. The summed E-state index contributed by atoms with van der Waals surface area (Å²) in [6.45, 7) is 3.13. The molecular formula is C13H21ClN4S. The molecule has 0 aliphatic rings. The van der Waals surface area contributed by atoms with Gasteiger partial charge in [0, 0.05) is 13.6 Å². The van der Waals surface area contributed by atoms with Crippen molar-refractivity contribution in [2.24, 2.45) is 7.05 Å². The molecule has 0 bridgehead atoms. The third kappa shape index (κ3) is 2.92. The topological polar surface area (TPSA) is 35.6 Å². The predicted octanol–water partition coefficient (Wildman–Crippen LogP) is 3.21. The molecule has 6 heteroatoms. The van der Waals surface area contributed by atoms with Gasteiger partial charge in [0.1, 0.15) is 11.3 Å². The number of thioether (sulfide) groups is 1. The number of hydrogen-bond acceptors (Lipinski definition) is 3. The van der Waals surface area contributed by atoms with Crippen molar-refractivity contribution in [3.8, 4) is 0 Å². The third-order valence-electron chi connectivity index (χ3n) is 3.21. The summed E-state index contributed by atoms with van der Waals surface area (Å²) in [5.74, 6) is 2.57. The minimum Gasteiger partial charge on any atom is -0.312 e. The summed E-state index contributed by atoms with van der Waals surface area (Å²) in [5.41, 5.74) is 3.24. The first-order chi connectivity index (χ1) is 9.22. The Morgan fingerprint density at radius 1 is 1.37 bits per heavy atom. The van der Waals surface area contributed by atoms with Crippen LogP contribution in [0.4, 0.5) is 0 Å². The van der Waals surface area contributed by atoms with Gasteiger partial charge in [0.15, 0.2) is 5.65 Å². The summed E-state index contributed by atoms with van der Waals surface area (Å²) in [7, 11) is 1.99. The van der Waals surface area contributed by atoms with E-state index in [1.807, 2.05) is 23.5 Å². The van der Waals surface area contributed by atoms with Gasteiger partial charge in [-0.3, -0.25) is 4.68 Å². The zero-order valence-electron chi connectivity index (χ0n) is 11.8. The van der Waals surface area contributed by atoms with Gasteiger partial charge in [-0.25, -0.2) is 4.98 Å². The summed E-state index contributed by atoms with van der Waals surface area (Å²) in [6, 6.07) is 0. The molecule has 0 spiro atoms. The zero-order valence-corrected chi connectivity index (χ0v) is 13.4. The first-order valence-electron chi connectivity index (χ1n) is 6.68. The Kier molecular flexibility index (Phi) is 5.16. The number of rotatable bonds is 7. The second-order valence-corrected chi connectivity index (χ2v) is 5.91. The lowest BCUT2D eigenvalue weighted by Gasteiger charge is -2.07. The van der Waals surface area contributed by atoms with Crippen molar-refractivity contribution in [2.75, 3.05) is 12.0 Å². The molecule has 0 aliphatic carbocycles. The van der Waals surface area contributed by atoms with Gasteiger partial charge in [-0.2, -0.15) is 16.9 Å². The van der Waals surface area contributed by atoms with Crippen molar-refractivity contribution in [3.05, 3.63) is 11.5 Å². The van der Waals surface area contributed by atoms with Crippen molar-refractivity contribution in [3.63, 3.8) is 0 Å². The van der Waals surface area contributed by atoms with E-state index in [-0.39, 0.29) is 0 Å². The molecular weight excluding hydrogens is 280 g/mol. The highest BCUT2D eigenvalue weighted by Gasteiger charge is 2.17. The molecule has 0 N–H and O–H groups in total. The number of aryl methyl sites for hydroxylation is 3. The second-order valence-electron chi connectivity index (χ2n) is 4.65. The maximum Gasteiger partial charge on any atom is 0.158 e. The van der Waals surface area contributed by atoms with Gasteiger partial charge in [0.2, 0.25) is 0 Å². The van der Waals surface area contributed by atoms with E-state index in [1.54, 1.807) is 0 Å². The van der Waals surface area contributed by atoms with E-state index in [4.69, 9.17) is 16.6 Å². The smallest absolute Gasteiger partial charge is 0.158 e. The van der Waals surface area contributed by atoms with E-state index in [9.17, 15) is 0 Å². The van der Waals surface area contributed by atoms with Gasteiger partial charge >= 0.3 is 0 Å². The maximum atomic E-state index is 6.04. The molecule has 0 atom stereocenters. The molecule has 2 aromatic rings. The molecule has 0 saturated heterocycles. The molecule has 106 valence electrons. The number of fused-ring (bicyclic) bond motifs is 1. The molecule has 4 nitrogen and oxygen atoms in total. The number of halogens is 1. The molecule has 0 saturated carbocycles. The van der Waals surface area contributed by atoms with E-state index < -0.39 is 0 Å². The molecule has 0 fully saturated rings. The number of nitrogens with zero attached hydrogens (tertiary/aromatic N) is 4. The van der Waals surface area contributed by atoms with Gasteiger partial charge in [-0.15, -0.1) is 11.6 Å². The highest BCUT2D eigenvalue weighted by molar-refractivity contribution is 7.98. The summed E-state index contributed by atoms with van der Waals surface area (Å²) in [6.07, 6.45) is 5.32. The Morgan fingerprint density at radius 2 is 2.16 bits per heavy atom. The normalized spacial score (nSPS) is 11.6. The first-order valence-corrected chi connectivity index (χ1v) is 8.61. The minimum absolute atomic E-state index is 0.458. The van der Waals surface area contributed by atoms with Crippen LogP contribution in [0.2, 0.25) is 0 Å². The summed E-state index contributed by atoms with van der Waals surface area (Å²) in [4.78, 5) is 4.69. The SMILES string of the molecule is CCCc1nn(C)c2c1nc(CCl)n2CCCSC. The van der Waals surface area contributed by atoms with Gasteiger partial charge in [-0.05, 0) is 24.9 Å². The van der Waals surface area contributed by atoms with Crippen molar-refractivity contribution in [1.29, 1.82) is 0 Å². The second kappa shape index (κ2) is 6.66. The predicted molar refractivity (Wildman–Crippen MR) is 83.1 cm³/mol. The number of alkyl halides is 1. The van der Waals surface area contributed by atoms with E-state index >= 15 is 0 Å². The van der Waals surface area contributed by atoms with Crippen LogP contribution in [-0.2, 0) is 25.9 Å². The average Bonchev–Trinajstić information content (AvgIpc) is 2.90. The van der Waals surface area contributed by atoms with Crippen molar-refractivity contribution in [2.45, 2.75) is 38.6 Å². The van der Waals surface area contributed by atoms with Crippen LogP contribution in [0, 0.1) is 0 Å². The van der Waals surface area contributed by atoms with Crippen LogP contribution in [0.3, 0.4) is 0 Å². The van der Waals surface area contributed by atoms with Crippen molar-refractivity contribution < 1.29 is 0 Å². The van der Waals surface area contributed by atoms with E-state index in [2.05, 4.69) is 22.8 Å². The highest BCUT2D eigenvalue weighted by Crippen LogP contribution is 2.22. The standard InChI is InChI=1S/C13H21ClN4S/c1-4-6-10-12-13(17(2)16-10)18(7-5-8-19-3)11(9-14)15-12/h4-9H2,1-3H3. The molecule has 19 heavy (non-hydrogen) atoms. The highest BCUT2D eigenvalue weighted by atomic mass is 35.5. The van der Waals surface area contributed by atoms with Crippen molar-refractivity contribution >= 4 is 34.5 Å². The molecule has 0 unspecified atom stereocenters. The monoisotopic (exact) mass is 300 g/mol. The maximum absolute atomic E-state index is 6.04. The van der Waals surface area contributed by atoms with Crippen LogP contribution in [0.15, 0.2) is 0 Å². The molecule has 0 amide bonds. The van der Waals surface area contributed by atoms with Gasteiger partial charge in [0.05, 0.1) is 11.6 Å². The van der Waals surface area contributed by atoms with Gasteiger partial charge in [0.25, 0.3) is 0 Å². The van der Waals surface area contributed by atoms with Crippen molar-refractivity contribution in [1.82, 2.24) is 19.3 Å². The summed E-state index contributed by atoms with van der Waals surface area (Å²) >= 11 is 7.91. The third-order valence-corrected chi connectivity index (χ3v) is 4.14. The molecule has 2 heterocycles. The fourth-order valence-corrected chi connectivity index (χ4v) is 3.02. The fourth-order valence-electron chi connectivity index (χ4n) is 2.40. The largest absolute Gasteiger partial charge is 0.312 e. The Hall–Kier alpha value is -0.680. The quantitative estimate of drug-likeness (QED) is 0.582. The molecule has 0 aliphatic heterocycles. The molecule has 0 aromatic carbocycles. The van der Waals surface area contributed by atoms with Crippen LogP contribution >= 0.6 is 23.4 Å². The molecule has 2 aromatic heterocycles. The van der Waals surface area contributed by atoms with E-state index in [1.165, 1.54) is 0 Å². The lowest BCUT2D eigenvalue weighted by atomic mass is 10.2. The zero-order chi connectivity index (χ0) is 13.8.